The first-order chi connectivity index (χ1) is 9.95. The SMILES string of the molecule is CCCNC(C)(C#N)CC(C)Sc1n[nH]c(=O)n1CCC. The van der Waals surface area contributed by atoms with Crippen molar-refractivity contribution < 1.29 is 0 Å². The Balaban J connectivity index is 2.71. The van der Waals surface area contributed by atoms with Crippen LogP contribution in [-0.4, -0.2) is 32.1 Å². The molecule has 2 atom stereocenters. The summed E-state index contributed by atoms with van der Waals surface area (Å²) < 4.78 is 1.66. The lowest BCUT2D eigenvalue weighted by Gasteiger charge is -2.26. The third-order valence-electron chi connectivity index (χ3n) is 3.18. The minimum atomic E-state index is -0.547. The van der Waals surface area contributed by atoms with E-state index in [1.165, 1.54) is 11.8 Å². The van der Waals surface area contributed by atoms with Crippen molar-refractivity contribution in [2.45, 2.75) is 69.4 Å². The first kappa shape index (κ1) is 17.8. The molecule has 0 aromatic carbocycles. The number of hydrogen-bond acceptors (Lipinski definition) is 5. The number of aromatic amines is 1. The number of aromatic nitrogens is 3. The molecule has 0 spiro atoms. The van der Waals surface area contributed by atoms with Crippen LogP contribution >= 0.6 is 11.8 Å². The highest BCUT2D eigenvalue weighted by molar-refractivity contribution is 7.99. The first-order valence-corrected chi connectivity index (χ1v) is 8.31. The molecule has 118 valence electrons. The molecular weight excluding hydrogens is 286 g/mol. The van der Waals surface area contributed by atoms with Gasteiger partial charge < -0.3 is 0 Å². The van der Waals surface area contributed by atoms with Crippen LogP contribution in [0.3, 0.4) is 0 Å². The van der Waals surface area contributed by atoms with Crippen LogP contribution in [0.2, 0.25) is 0 Å². The Kier molecular flexibility index (Phi) is 6.99. The minimum absolute atomic E-state index is 0.168. The number of nitrogens with one attached hydrogen (secondary N) is 2. The highest BCUT2D eigenvalue weighted by Crippen LogP contribution is 2.26. The molecule has 1 rings (SSSR count). The van der Waals surface area contributed by atoms with Gasteiger partial charge in [0.25, 0.3) is 0 Å². The lowest BCUT2D eigenvalue weighted by Crippen LogP contribution is -2.43. The summed E-state index contributed by atoms with van der Waals surface area (Å²) in [6.07, 6.45) is 2.57. The van der Waals surface area contributed by atoms with Crippen molar-refractivity contribution in [2.24, 2.45) is 0 Å². The van der Waals surface area contributed by atoms with Gasteiger partial charge in [0, 0.05) is 11.8 Å². The van der Waals surface area contributed by atoms with Crippen molar-refractivity contribution in [3.8, 4) is 6.07 Å². The molecule has 2 N–H and O–H groups in total. The Morgan fingerprint density at radius 3 is 2.81 bits per heavy atom. The van der Waals surface area contributed by atoms with Gasteiger partial charge in [0.15, 0.2) is 5.16 Å². The van der Waals surface area contributed by atoms with Gasteiger partial charge in [-0.1, -0.05) is 32.5 Å². The zero-order valence-electron chi connectivity index (χ0n) is 13.3. The summed E-state index contributed by atoms with van der Waals surface area (Å²) in [7, 11) is 0. The second kappa shape index (κ2) is 8.25. The lowest BCUT2D eigenvalue weighted by atomic mass is 9.98. The van der Waals surface area contributed by atoms with Crippen LogP contribution in [0.4, 0.5) is 0 Å². The predicted octanol–water partition coefficient (Wildman–Crippen LogP) is 2.13. The summed E-state index contributed by atoms with van der Waals surface area (Å²) in [5, 5.41) is 20.1. The molecule has 7 heteroatoms. The van der Waals surface area contributed by atoms with E-state index in [9.17, 15) is 10.1 Å². The van der Waals surface area contributed by atoms with Crippen molar-refractivity contribution in [2.75, 3.05) is 6.54 Å². The van der Waals surface area contributed by atoms with E-state index in [1.54, 1.807) is 4.57 Å². The van der Waals surface area contributed by atoms with Crippen LogP contribution < -0.4 is 11.0 Å². The minimum Gasteiger partial charge on any atom is -0.300 e. The first-order valence-electron chi connectivity index (χ1n) is 7.44. The quantitative estimate of drug-likeness (QED) is 0.682. The van der Waals surface area contributed by atoms with Gasteiger partial charge >= 0.3 is 5.69 Å². The summed E-state index contributed by atoms with van der Waals surface area (Å²) in [5.41, 5.74) is -0.715. The molecular formula is C14H25N5OS. The fourth-order valence-corrected chi connectivity index (χ4v) is 3.35. The van der Waals surface area contributed by atoms with E-state index in [1.807, 2.05) is 13.8 Å². The maximum atomic E-state index is 11.7. The molecule has 6 nitrogen and oxygen atoms in total. The number of nitriles is 1. The van der Waals surface area contributed by atoms with Crippen molar-refractivity contribution in [3.63, 3.8) is 0 Å². The zero-order chi connectivity index (χ0) is 15.9. The summed E-state index contributed by atoms with van der Waals surface area (Å²) >= 11 is 1.54. The Bertz CT molecular complexity index is 532. The number of rotatable bonds is 9. The third kappa shape index (κ3) is 5.21. The maximum Gasteiger partial charge on any atom is 0.343 e. The molecule has 0 amide bonds. The molecule has 1 heterocycles. The van der Waals surface area contributed by atoms with Crippen LogP contribution in [0, 0.1) is 11.3 Å². The summed E-state index contributed by atoms with van der Waals surface area (Å²) in [6, 6.07) is 2.35. The zero-order valence-corrected chi connectivity index (χ0v) is 14.1. The largest absolute Gasteiger partial charge is 0.343 e. The summed E-state index contributed by atoms with van der Waals surface area (Å²) in [4.78, 5) is 11.7. The molecule has 0 radical (unpaired) electrons. The predicted molar refractivity (Wildman–Crippen MR) is 85.4 cm³/mol. The van der Waals surface area contributed by atoms with E-state index >= 15 is 0 Å². The standard InChI is InChI=1S/C14H25N5OS/c1-5-7-16-14(4,10-15)9-11(3)21-13-18-17-12(20)19(13)8-6-2/h11,16H,5-9H2,1-4H3,(H,17,20). The molecule has 1 aromatic rings. The van der Waals surface area contributed by atoms with Gasteiger partial charge in [-0.2, -0.15) is 5.26 Å². The Morgan fingerprint density at radius 2 is 2.24 bits per heavy atom. The smallest absolute Gasteiger partial charge is 0.300 e. The van der Waals surface area contributed by atoms with Crippen molar-refractivity contribution in [1.82, 2.24) is 20.1 Å². The van der Waals surface area contributed by atoms with Gasteiger partial charge in [-0.3, -0.25) is 9.88 Å². The van der Waals surface area contributed by atoms with Gasteiger partial charge in [-0.25, -0.2) is 9.89 Å². The normalized spacial score (nSPS) is 15.4. The van der Waals surface area contributed by atoms with Crippen LogP contribution in [0.1, 0.15) is 47.0 Å². The van der Waals surface area contributed by atoms with Gasteiger partial charge in [0.05, 0.1) is 6.07 Å². The molecule has 1 aromatic heterocycles. The van der Waals surface area contributed by atoms with Gasteiger partial charge in [-0.05, 0) is 32.7 Å². The molecule has 0 bridgehead atoms. The Labute approximate surface area is 130 Å². The topological polar surface area (TPSA) is 86.5 Å². The Morgan fingerprint density at radius 1 is 1.52 bits per heavy atom. The highest BCUT2D eigenvalue weighted by Gasteiger charge is 2.26. The second-order valence-corrected chi connectivity index (χ2v) is 6.87. The van der Waals surface area contributed by atoms with E-state index in [-0.39, 0.29) is 10.9 Å². The van der Waals surface area contributed by atoms with Crippen molar-refractivity contribution in [1.29, 1.82) is 5.26 Å². The number of H-pyrrole nitrogens is 1. The fourth-order valence-electron chi connectivity index (χ4n) is 2.17. The van der Waals surface area contributed by atoms with E-state index < -0.39 is 5.54 Å². The van der Waals surface area contributed by atoms with E-state index in [0.717, 1.165) is 19.4 Å². The molecule has 0 aliphatic heterocycles. The van der Waals surface area contributed by atoms with Crippen molar-refractivity contribution in [3.05, 3.63) is 10.5 Å². The second-order valence-electron chi connectivity index (χ2n) is 5.47. The van der Waals surface area contributed by atoms with Crippen LogP contribution in [0.5, 0.6) is 0 Å². The summed E-state index contributed by atoms with van der Waals surface area (Å²) in [5.74, 6) is 0. The van der Waals surface area contributed by atoms with Crippen LogP contribution in [0.15, 0.2) is 9.95 Å². The Hall–Kier alpha value is -1.26. The third-order valence-corrected chi connectivity index (χ3v) is 4.28. The molecule has 2 unspecified atom stereocenters. The van der Waals surface area contributed by atoms with Gasteiger partial charge in [0.2, 0.25) is 0 Å². The van der Waals surface area contributed by atoms with Crippen molar-refractivity contribution >= 4 is 11.8 Å². The van der Waals surface area contributed by atoms with Gasteiger partial charge in [-0.15, -0.1) is 5.10 Å². The molecule has 0 fully saturated rings. The van der Waals surface area contributed by atoms with Crippen LogP contribution in [0.25, 0.3) is 0 Å². The molecule has 21 heavy (non-hydrogen) atoms. The monoisotopic (exact) mass is 311 g/mol. The molecule has 0 saturated carbocycles. The number of thioether (sulfide) groups is 1. The molecule has 0 saturated heterocycles. The number of hydrogen-bond donors (Lipinski definition) is 2. The lowest BCUT2D eigenvalue weighted by molar-refractivity contribution is 0.418. The van der Waals surface area contributed by atoms with E-state index in [2.05, 4.69) is 35.4 Å². The van der Waals surface area contributed by atoms with E-state index in [0.29, 0.717) is 18.1 Å². The highest BCUT2D eigenvalue weighted by atomic mass is 32.2. The van der Waals surface area contributed by atoms with E-state index in [4.69, 9.17) is 0 Å². The maximum absolute atomic E-state index is 11.7. The van der Waals surface area contributed by atoms with Crippen LogP contribution in [-0.2, 0) is 6.54 Å². The molecule has 0 aliphatic rings. The fraction of sp³-hybridized carbons (Fsp3) is 0.786. The number of nitrogens with zero attached hydrogens (tertiary/aromatic N) is 3. The summed E-state index contributed by atoms with van der Waals surface area (Å²) in [6.45, 7) is 9.57. The van der Waals surface area contributed by atoms with Gasteiger partial charge in [0.1, 0.15) is 5.54 Å². The average Bonchev–Trinajstić information content (AvgIpc) is 2.78. The average molecular weight is 311 g/mol. The molecule has 0 aliphatic carbocycles.